The number of amides is 1. The van der Waals surface area contributed by atoms with Crippen LogP contribution in [0.3, 0.4) is 0 Å². The van der Waals surface area contributed by atoms with Gasteiger partial charge in [0, 0.05) is 37.8 Å². The number of piperidine rings is 1. The first-order valence-electron chi connectivity index (χ1n) is 9.62. The van der Waals surface area contributed by atoms with E-state index in [1.807, 2.05) is 4.90 Å². The van der Waals surface area contributed by atoms with E-state index in [9.17, 15) is 4.79 Å². The second-order valence-corrected chi connectivity index (χ2v) is 7.15. The molecular weight excluding hydrogens is 382 g/mol. The number of H-pyrrole nitrogens is 1. The molecule has 0 aliphatic carbocycles. The highest BCUT2D eigenvalue weighted by Gasteiger charge is 2.38. The molecule has 2 atom stereocenters. The largest absolute Gasteiger partial charge is 0.483 e. The molecule has 11 heteroatoms. The Morgan fingerprint density at radius 2 is 1.79 bits per heavy atom. The molecule has 4 N–H and O–H groups in total. The summed E-state index contributed by atoms with van der Waals surface area (Å²) in [5, 5.41) is 23.9. The third-order valence-electron chi connectivity index (χ3n) is 5.33. The van der Waals surface area contributed by atoms with Gasteiger partial charge in [0.05, 0.1) is 31.0 Å². The molecular formula is C18H29N5O6. The van der Waals surface area contributed by atoms with Gasteiger partial charge in [-0.1, -0.05) is 0 Å². The molecule has 0 saturated carbocycles. The van der Waals surface area contributed by atoms with E-state index in [0.29, 0.717) is 24.1 Å². The molecule has 4 rings (SSSR count). The van der Waals surface area contributed by atoms with E-state index in [4.69, 9.17) is 24.5 Å². The third-order valence-corrected chi connectivity index (χ3v) is 5.33. The highest BCUT2D eigenvalue weighted by Crippen LogP contribution is 2.25. The van der Waals surface area contributed by atoms with Crippen LogP contribution >= 0.6 is 0 Å². The number of hydrogen-bond donors (Lipinski definition) is 4. The summed E-state index contributed by atoms with van der Waals surface area (Å²) < 4.78 is 5.84. The van der Waals surface area contributed by atoms with Gasteiger partial charge in [-0.2, -0.15) is 5.10 Å². The van der Waals surface area contributed by atoms with Gasteiger partial charge in [0.15, 0.2) is 0 Å². The fourth-order valence-electron chi connectivity index (χ4n) is 4.13. The maximum atomic E-state index is 12.8. The number of ether oxygens (including phenoxy) is 1. The first kappa shape index (κ1) is 22.8. The summed E-state index contributed by atoms with van der Waals surface area (Å²) in [5.74, 6) is 0.472. The normalized spacial score (nSPS) is 24.8. The quantitative estimate of drug-likeness (QED) is 0.465. The number of rotatable bonds is 2. The minimum atomic E-state index is -0.250. The fraction of sp³-hybridized carbons (Fsp3) is 0.667. The van der Waals surface area contributed by atoms with Gasteiger partial charge in [-0.3, -0.25) is 24.4 Å². The van der Waals surface area contributed by atoms with Gasteiger partial charge in [0.1, 0.15) is 0 Å². The Hall–Kier alpha value is -2.50. The molecule has 0 unspecified atom stereocenters. The summed E-state index contributed by atoms with van der Waals surface area (Å²) in [6, 6.07) is 0.781. The van der Waals surface area contributed by atoms with Gasteiger partial charge in [0.25, 0.3) is 18.9 Å². The summed E-state index contributed by atoms with van der Waals surface area (Å²) in [4.78, 5) is 34.2. The maximum absolute atomic E-state index is 12.8. The molecule has 1 aromatic rings. The number of nitrogens with one attached hydrogen (secondary N) is 2. The van der Waals surface area contributed by atoms with Crippen LogP contribution in [0, 0.1) is 5.92 Å². The van der Waals surface area contributed by atoms with Crippen LogP contribution < -0.4 is 5.32 Å². The lowest BCUT2D eigenvalue weighted by atomic mass is 10.0. The topological polar surface area (TPSA) is 148 Å². The van der Waals surface area contributed by atoms with E-state index < -0.39 is 0 Å². The molecule has 3 aliphatic rings. The molecule has 3 saturated heterocycles. The second kappa shape index (κ2) is 12.1. The number of carbonyl (C=O) groups excluding carboxylic acids is 1. The molecule has 4 heterocycles. The monoisotopic (exact) mass is 411 g/mol. The Morgan fingerprint density at radius 3 is 2.41 bits per heavy atom. The molecule has 0 radical (unpaired) electrons. The van der Waals surface area contributed by atoms with Crippen LogP contribution in [0.15, 0.2) is 12.4 Å². The Morgan fingerprint density at radius 1 is 1.10 bits per heavy atom. The molecule has 1 aromatic heterocycles. The SMILES string of the molecule is O=C(c1cn[nH]c1)N1C[C@H]2COC[C@@H]1CN(C1CCNCC1)C2.O=CO.O=CO. The zero-order valence-corrected chi connectivity index (χ0v) is 16.3. The smallest absolute Gasteiger partial charge is 0.290 e. The predicted octanol–water partition coefficient (Wildman–Crippen LogP) is -0.664. The van der Waals surface area contributed by atoms with Gasteiger partial charge in [0.2, 0.25) is 0 Å². The summed E-state index contributed by atoms with van der Waals surface area (Å²) in [5.41, 5.74) is 0.644. The molecule has 11 nitrogen and oxygen atoms in total. The van der Waals surface area contributed by atoms with Crippen molar-refractivity contribution < 1.29 is 29.3 Å². The molecule has 3 fully saturated rings. The van der Waals surface area contributed by atoms with Crippen molar-refractivity contribution in [2.75, 3.05) is 45.9 Å². The number of hydrogen-bond acceptors (Lipinski definition) is 7. The van der Waals surface area contributed by atoms with Gasteiger partial charge in [-0.15, -0.1) is 0 Å². The maximum Gasteiger partial charge on any atom is 0.290 e. The van der Waals surface area contributed by atoms with Crippen molar-refractivity contribution in [2.45, 2.75) is 24.9 Å². The highest BCUT2D eigenvalue weighted by atomic mass is 16.5. The van der Waals surface area contributed by atoms with Crippen molar-refractivity contribution >= 4 is 18.9 Å². The average Bonchev–Trinajstić information content (AvgIpc) is 3.09. The Labute approximate surface area is 169 Å². The predicted molar refractivity (Wildman–Crippen MR) is 103 cm³/mol. The summed E-state index contributed by atoms with van der Waals surface area (Å²) in [6.45, 7) is 5.85. The van der Waals surface area contributed by atoms with Crippen molar-refractivity contribution in [3.8, 4) is 0 Å². The Kier molecular flexibility index (Phi) is 9.54. The van der Waals surface area contributed by atoms with Crippen LogP contribution in [0.5, 0.6) is 0 Å². The van der Waals surface area contributed by atoms with E-state index in [-0.39, 0.29) is 24.9 Å². The van der Waals surface area contributed by atoms with Crippen LogP contribution in [0.4, 0.5) is 0 Å². The standard InChI is InChI=1S/C16H25N5O2.2CH2O2/c22-16(13-5-18-19-6-13)21-8-12-7-20(9-15(21)11-23-10-12)14-1-3-17-4-2-14;2*2-1-3/h5-6,12,14-15,17H,1-4,7-11H2,(H,18,19);2*1H,(H,2,3)/t12-,15-;;/m0../s1. The Bertz CT molecular complexity index is 616. The van der Waals surface area contributed by atoms with Crippen molar-refractivity contribution in [2.24, 2.45) is 5.92 Å². The Balaban J connectivity index is 0.000000449. The molecule has 0 spiro atoms. The van der Waals surface area contributed by atoms with Gasteiger partial charge in [-0.05, 0) is 25.9 Å². The lowest BCUT2D eigenvalue weighted by Gasteiger charge is -2.38. The number of fused-ring (bicyclic) bond motifs is 3. The average molecular weight is 411 g/mol. The molecule has 1 amide bonds. The van der Waals surface area contributed by atoms with Crippen LogP contribution in [0.2, 0.25) is 0 Å². The molecule has 162 valence electrons. The zero-order valence-electron chi connectivity index (χ0n) is 16.3. The van der Waals surface area contributed by atoms with Gasteiger partial charge in [-0.25, -0.2) is 0 Å². The van der Waals surface area contributed by atoms with Crippen LogP contribution in [0.1, 0.15) is 23.2 Å². The fourth-order valence-corrected chi connectivity index (χ4v) is 4.13. The number of nitrogens with zero attached hydrogens (tertiary/aromatic N) is 3. The summed E-state index contributed by atoms with van der Waals surface area (Å²) in [6.07, 6.45) is 5.71. The van der Waals surface area contributed by atoms with Gasteiger partial charge < -0.3 is 25.2 Å². The van der Waals surface area contributed by atoms with Crippen molar-refractivity contribution in [1.82, 2.24) is 25.3 Å². The van der Waals surface area contributed by atoms with Crippen LogP contribution in [-0.2, 0) is 14.3 Å². The first-order chi connectivity index (χ1) is 14.1. The van der Waals surface area contributed by atoms with E-state index in [1.54, 1.807) is 12.4 Å². The number of carboxylic acid groups (broad SMARTS) is 2. The van der Waals surface area contributed by atoms with Crippen molar-refractivity contribution in [3.63, 3.8) is 0 Å². The van der Waals surface area contributed by atoms with Crippen molar-refractivity contribution in [3.05, 3.63) is 18.0 Å². The van der Waals surface area contributed by atoms with E-state index in [2.05, 4.69) is 20.4 Å². The summed E-state index contributed by atoms with van der Waals surface area (Å²) in [7, 11) is 0. The molecule has 3 aliphatic heterocycles. The minimum Gasteiger partial charge on any atom is -0.483 e. The van der Waals surface area contributed by atoms with E-state index in [1.165, 1.54) is 12.8 Å². The van der Waals surface area contributed by atoms with Crippen LogP contribution in [-0.4, -0.2) is 107 Å². The minimum absolute atomic E-state index is 0.0754. The van der Waals surface area contributed by atoms with Crippen LogP contribution in [0.25, 0.3) is 0 Å². The zero-order chi connectivity index (χ0) is 21.1. The lowest BCUT2D eigenvalue weighted by molar-refractivity contribution is -0.123. The molecule has 0 aromatic carbocycles. The van der Waals surface area contributed by atoms with Gasteiger partial charge >= 0.3 is 0 Å². The summed E-state index contributed by atoms with van der Waals surface area (Å²) >= 11 is 0. The number of aromatic nitrogens is 2. The van der Waals surface area contributed by atoms with E-state index in [0.717, 1.165) is 39.3 Å². The third kappa shape index (κ3) is 6.51. The second-order valence-electron chi connectivity index (χ2n) is 7.15. The van der Waals surface area contributed by atoms with E-state index >= 15 is 0 Å². The number of aromatic amines is 1. The molecule has 2 bridgehead atoms. The van der Waals surface area contributed by atoms with Crippen molar-refractivity contribution in [1.29, 1.82) is 0 Å². The highest BCUT2D eigenvalue weighted by molar-refractivity contribution is 5.94. The first-order valence-corrected chi connectivity index (χ1v) is 9.62. The molecule has 29 heavy (non-hydrogen) atoms. The number of carbonyl (C=O) groups is 3. The lowest BCUT2D eigenvalue weighted by Crippen LogP contribution is -2.51.